The number of benzene rings is 8. The van der Waals surface area contributed by atoms with Crippen LogP contribution in [0.4, 0.5) is 0 Å². The lowest BCUT2D eigenvalue weighted by Gasteiger charge is -2.10. The Morgan fingerprint density at radius 3 is 1.18 bits per heavy atom. The van der Waals surface area contributed by atoms with E-state index in [1.165, 1.54) is 11.1 Å². The van der Waals surface area contributed by atoms with Gasteiger partial charge in [-0.15, -0.1) is 0 Å². The molecule has 0 atom stereocenters. The maximum absolute atomic E-state index is 6.60. The molecule has 3 aromatic heterocycles. The van der Waals surface area contributed by atoms with E-state index in [1.54, 1.807) is 0 Å². The first-order valence-corrected chi connectivity index (χ1v) is 18.7. The Labute approximate surface area is 322 Å². The molecule has 0 spiro atoms. The molecule has 8 aromatic carbocycles. The van der Waals surface area contributed by atoms with Gasteiger partial charge in [0, 0.05) is 38.2 Å². The van der Waals surface area contributed by atoms with Crippen molar-refractivity contribution >= 4 is 43.9 Å². The van der Waals surface area contributed by atoms with E-state index in [0.29, 0.717) is 17.5 Å². The van der Waals surface area contributed by atoms with E-state index in [-0.39, 0.29) is 0 Å². The molecule has 0 saturated carbocycles. The summed E-state index contributed by atoms with van der Waals surface area (Å²) in [6.07, 6.45) is 0. The topological polar surface area (TPSA) is 65.0 Å². The maximum Gasteiger partial charge on any atom is 0.164 e. The lowest BCUT2D eigenvalue weighted by Crippen LogP contribution is -2.00. The van der Waals surface area contributed by atoms with Crippen LogP contribution in [0.3, 0.4) is 0 Å². The van der Waals surface area contributed by atoms with Crippen molar-refractivity contribution in [3.8, 4) is 67.5 Å². The quantitative estimate of drug-likeness (QED) is 0.171. The van der Waals surface area contributed by atoms with Gasteiger partial charge in [0.2, 0.25) is 0 Å². The lowest BCUT2D eigenvalue weighted by molar-refractivity contribution is 0.668. The smallest absolute Gasteiger partial charge is 0.164 e. The summed E-state index contributed by atoms with van der Waals surface area (Å²) >= 11 is 0. The van der Waals surface area contributed by atoms with Crippen molar-refractivity contribution in [1.29, 1.82) is 0 Å². The highest BCUT2D eigenvalue weighted by Crippen LogP contribution is 2.40. The zero-order valence-electron chi connectivity index (χ0n) is 30.1. The summed E-state index contributed by atoms with van der Waals surface area (Å²) < 4.78 is 13.0. The molecular weight excluding hydrogens is 687 g/mol. The molecule has 11 rings (SSSR count). The average Bonchev–Trinajstić information content (AvgIpc) is 3.83. The highest BCUT2D eigenvalue weighted by Gasteiger charge is 2.17. The fourth-order valence-electron chi connectivity index (χ4n) is 7.76. The van der Waals surface area contributed by atoms with Crippen LogP contribution in [0, 0.1) is 0 Å². The predicted octanol–water partition coefficient (Wildman–Crippen LogP) is 13.7. The van der Waals surface area contributed by atoms with Crippen LogP contribution in [-0.4, -0.2) is 15.0 Å². The van der Waals surface area contributed by atoms with Crippen LogP contribution >= 0.6 is 0 Å². The third kappa shape index (κ3) is 5.53. The summed E-state index contributed by atoms with van der Waals surface area (Å²) in [7, 11) is 0. The number of fused-ring (bicyclic) bond motifs is 6. The van der Waals surface area contributed by atoms with Crippen LogP contribution < -0.4 is 0 Å². The summed E-state index contributed by atoms with van der Waals surface area (Å²) in [5, 5.41) is 4.31. The minimum atomic E-state index is 0.590. The van der Waals surface area contributed by atoms with Gasteiger partial charge < -0.3 is 8.83 Å². The van der Waals surface area contributed by atoms with E-state index in [0.717, 1.165) is 82.8 Å². The van der Waals surface area contributed by atoms with Crippen molar-refractivity contribution in [2.24, 2.45) is 0 Å². The molecule has 0 saturated heterocycles. The van der Waals surface area contributed by atoms with Crippen LogP contribution in [-0.2, 0) is 0 Å². The van der Waals surface area contributed by atoms with Crippen molar-refractivity contribution in [1.82, 2.24) is 15.0 Å². The Kier molecular flexibility index (Phi) is 7.42. The van der Waals surface area contributed by atoms with E-state index in [1.807, 2.05) is 72.8 Å². The molecule has 5 nitrogen and oxygen atoms in total. The summed E-state index contributed by atoms with van der Waals surface area (Å²) in [4.78, 5) is 14.7. The Balaban J connectivity index is 0.968. The normalized spacial score (nSPS) is 11.6. The number of furan rings is 2. The Hall–Kier alpha value is -7.63. The second-order valence-corrected chi connectivity index (χ2v) is 14.0. The molecular formula is C51H31N3O2. The van der Waals surface area contributed by atoms with Crippen LogP contribution in [0.15, 0.2) is 197 Å². The molecule has 0 aliphatic heterocycles. The van der Waals surface area contributed by atoms with Crippen LogP contribution in [0.1, 0.15) is 0 Å². The largest absolute Gasteiger partial charge is 0.456 e. The van der Waals surface area contributed by atoms with E-state index in [9.17, 15) is 0 Å². The number of rotatable bonds is 6. The molecule has 0 aliphatic rings. The van der Waals surface area contributed by atoms with E-state index < -0.39 is 0 Å². The first kappa shape index (κ1) is 31.9. The number of aromatic nitrogens is 3. The average molecular weight is 718 g/mol. The van der Waals surface area contributed by atoms with E-state index in [2.05, 4.69) is 115 Å². The first-order chi connectivity index (χ1) is 27.7. The second kappa shape index (κ2) is 13.0. The number of nitrogens with zero attached hydrogens (tertiary/aromatic N) is 3. The van der Waals surface area contributed by atoms with Crippen LogP contribution in [0.2, 0.25) is 0 Å². The van der Waals surface area contributed by atoms with Gasteiger partial charge in [-0.3, -0.25) is 0 Å². The summed E-state index contributed by atoms with van der Waals surface area (Å²) in [6.45, 7) is 0. The fraction of sp³-hybridized carbons (Fsp3) is 0. The lowest BCUT2D eigenvalue weighted by atomic mass is 9.93. The van der Waals surface area contributed by atoms with E-state index >= 15 is 0 Å². The van der Waals surface area contributed by atoms with Crippen molar-refractivity contribution in [3.05, 3.63) is 188 Å². The molecule has 0 N–H and O–H groups in total. The third-order valence-electron chi connectivity index (χ3n) is 10.6. The second-order valence-electron chi connectivity index (χ2n) is 14.0. The minimum absolute atomic E-state index is 0.590. The van der Waals surface area contributed by atoms with Gasteiger partial charge in [-0.05, 0) is 81.9 Å². The van der Waals surface area contributed by atoms with Crippen molar-refractivity contribution < 1.29 is 8.83 Å². The van der Waals surface area contributed by atoms with E-state index in [4.69, 9.17) is 23.8 Å². The predicted molar refractivity (Wildman–Crippen MR) is 227 cm³/mol. The maximum atomic E-state index is 6.60. The molecule has 0 radical (unpaired) electrons. The van der Waals surface area contributed by atoms with Gasteiger partial charge in [-0.25, -0.2) is 15.0 Å². The zero-order chi connectivity index (χ0) is 37.0. The van der Waals surface area contributed by atoms with Crippen molar-refractivity contribution in [2.45, 2.75) is 0 Å². The fourth-order valence-corrected chi connectivity index (χ4v) is 7.76. The molecule has 0 fully saturated rings. The van der Waals surface area contributed by atoms with Crippen molar-refractivity contribution in [3.63, 3.8) is 0 Å². The standard InChI is InChI=1S/C51H31N3O2/c1-4-12-32(13-5-1)35-23-27-45-44(28-35)43-25-21-37(30-47(43)55-45)40-19-11-10-18-39(40)36-20-24-41-42-26-22-38(31-48(42)56-46(41)29-36)51-53-49(33-14-6-2-7-15-33)52-50(54-51)34-16-8-3-9-17-34/h1-31H. The summed E-state index contributed by atoms with van der Waals surface area (Å²) in [5.41, 5.74) is 12.8. The van der Waals surface area contributed by atoms with Crippen molar-refractivity contribution in [2.75, 3.05) is 0 Å². The number of hydrogen-bond donors (Lipinski definition) is 0. The highest BCUT2D eigenvalue weighted by molar-refractivity contribution is 6.09. The van der Waals surface area contributed by atoms with Gasteiger partial charge in [-0.2, -0.15) is 0 Å². The molecule has 0 amide bonds. The van der Waals surface area contributed by atoms with Gasteiger partial charge in [0.25, 0.3) is 0 Å². The SMILES string of the molecule is c1ccc(-c2ccc3oc4cc(-c5ccccc5-c5ccc6c(c5)oc5cc(-c7nc(-c8ccccc8)nc(-c8ccccc8)n7)ccc56)ccc4c3c2)cc1. The van der Waals surface area contributed by atoms with Gasteiger partial charge in [0.05, 0.1) is 0 Å². The minimum Gasteiger partial charge on any atom is -0.456 e. The van der Waals surface area contributed by atoms with Crippen LogP contribution in [0.5, 0.6) is 0 Å². The third-order valence-corrected chi connectivity index (χ3v) is 10.6. The molecule has 56 heavy (non-hydrogen) atoms. The zero-order valence-corrected chi connectivity index (χ0v) is 30.1. The number of hydrogen-bond acceptors (Lipinski definition) is 5. The molecule has 11 aromatic rings. The van der Waals surface area contributed by atoms with Gasteiger partial charge in [-0.1, -0.05) is 140 Å². The summed E-state index contributed by atoms with van der Waals surface area (Å²) in [6, 6.07) is 64.6. The monoisotopic (exact) mass is 717 g/mol. The Morgan fingerprint density at radius 1 is 0.250 bits per heavy atom. The Bertz CT molecular complexity index is 3180. The Morgan fingerprint density at radius 2 is 0.643 bits per heavy atom. The first-order valence-electron chi connectivity index (χ1n) is 18.7. The van der Waals surface area contributed by atoms with Crippen LogP contribution in [0.25, 0.3) is 111 Å². The van der Waals surface area contributed by atoms with Gasteiger partial charge in [0.1, 0.15) is 22.3 Å². The van der Waals surface area contributed by atoms with Gasteiger partial charge >= 0.3 is 0 Å². The molecule has 0 unspecified atom stereocenters. The molecule has 0 bridgehead atoms. The summed E-state index contributed by atoms with van der Waals surface area (Å²) in [5.74, 6) is 1.84. The van der Waals surface area contributed by atoms with Gasteiger partial charge in [0.15, 0.2) is 17.5 Å². The molecule has 0 aliphatic carbocycles. The molecule has 5 heteroatoms. The molecule has 3 heterocycles. The highest BCUT2D eigenvalue weighted by atomic mass is 16.3. The molecule has 262 valence electrons.